The molecule has 0 atom stereocenters. The van der Waals surface area contributed by atoms with Crippen LogP contribution in [0.25, 0.3) is 15.9 Å². The van der Waals surface area contributed by atoms with Crippen molar-refractivity contribution in [2.24, 2.45) is 0 Å². The molecule has 0 N–H and O–H groups in total. The van der Waals surface area contributed by atoms with Crippen LogP contribution >= 0.6 is 34.7 Å². The predicted molar refractivity (Wildman–Crippen MR) is 133 cm³/mol. The second-order valence-corrected chi connectivity index (χ2v) is 10.4. The molecule has 0 aliphatic heterocycles. The van der Waals surface area contributed by atoms with Gasteiger partial charge in [-0.05, 0) is 74.1 Å². The molecule has 1 aliphatic rings. The van der Waals surface area contributed by atoms with Crippen LogP contribution in [-0.2, 0) is 12.8 Å². The van der Waals surface area contributed by atoms with E-state index in [2.05, 4.69) is 0 Å². The van der Waals surface area contributed by atoms with Crippen LogP contribution in [-0.4, -0.2) is 21.1 Å². The number of ketones is 1. The van der Waals surface area contributed by atoms with Crippen molar-refractivity contribution in [2.45, 2.75) is 37.8 Å². The van der Waals surface area contributed by atoms with Crippen molar-refractivity contribution >= 4 is 50.7 Å². The molecule has 4 nitrogen and oxygen atoms in total. The smallest absolute Gasteiger partial charge is 0.267 e. The topological polar surface area (TPSA) is 52.0 Å². The van der Waals surface area contributed by atoms with Crippen molar-refractivity contribution in [3.63, 3.8) is 0 Å². The Labute approximate surface area is 199 Å². The fourth-order valence-electron chi connectivity index (χ4n) is 4.16. The lowest BCUT2D eigenvalue weighted by atomic mass is 9.97. The van der Waals surface area contributed by atoms with E-state index in [0.29, 0.717) is 15.7 Å². The summed E-state index contributed by atoms with van der Waals surface area (Å²) in [6.45, 7) is 1.99. The molecule has 32 heavy (non-hydrogen) atoms. The molecule has 2 aromatic carbocycles. The number of hydrogen-bond acceptors (Lipinski definition) is 5. The summed E-state index contributed by atoms with van der Waals surface area (Å²) in [5.41, 5.74) is 3.53. The monoisotopic (exact) mass is 480 g/mol. The van der Waals surface area contributed by atoms with Gasteiger partial charge >= 0.3 is 0 Å². The third-order valence-electron chi connectivity index (χ3n) is 5.81. The summed E-state index contributed by atoms with van der Waals surface area (Å²) < 4.78 is 1.69. The summed E-state index contributed by atoms with van der Waals surface area (Å²) in [6, 6.07) is 14.7. The normalized spacial score (nSPS) is 13.3. The molecule has 0 amide bonds. The van der Waals surface area contributed by atoms with Crippen LogP contribution in [0, 0.1) is 6.92 Å². The Kier molecular flexibility index (Phi) is 5.93. The fraction of sp³-hybridized carbons (Fsp3) is 0.240. The first-order chi connectivity index (χ1) is 15.5. The highest BCUT2D eigenvalue weighted by Crippen LogP contribution is 2.35. The standard InChI is InChI=1S/C25H21ClN2O2S2/c1-15-6-2-4-8-19(15)28-24(30)22-18-7-3-5-9-21(18)32-23(22)27-25(28)31-14-20(29)16-10-12-17(26)13-11-16/h2,4,6,8,10-13H,3,5,7,9,14H2,1H3. The van der Waals surface area contributed by atoms with Crippen molar-refractivity contribution in [1.82, 2.24) is 9.55 Å². The Bertz CT molecular complexity index is 1390. The van der Waals surface area contributed by atoms with E-state index >= 15 is 0 Å². The SMILES string of the molecule is Cc1ccccc1-n1c(SCC(=O)c2ccc(Cl)cc2)nc2sc3c(c2c1=O)CCCC3. The van der Waals surface area contributed by atoms with Gasteiger partial charge in [0.2, 0.25) is 0 Å². The summed E-state index contributed by atoms with van der Waals surface area (Å²) in [4.78, 5) is 33.6. The van der Waals surface area contributed by atoms with E-state index in [9.17, 15) is 9.59 Å². The number of Topliss-reactive ketones (excluding diaryl/α,β-unsaturated/α-hetero) is 1. The highest BCUT2D eigenvalue weighted by atomic mass is 35.5. The van der Waals surface area contributed by atoms with E-state index in [1.807, 2.05) is 31.2 Å². The second kappa shape index (κ2) is 8.85. The van der Waals surface area contributed by atoms with Crippen molar-refractivity contribution in [3.8, 4) is 5.69 Å². The lowest BCUT2D eigenvalue weighted by Gasteiger charge is -2.15. The third-order valence-corrected chi connectivity index (χ3v) is 8.19. The van der Waals surface area contributed by atoms with Gasteiger partial charge in [0.1, 0.15) is 4.83 Å². The number of carbonyl (C=O) groups excluding carboxylic acids is 1. The van der Waals surface area contributed by atoms with Crippen molar-refractivity contribution in [2.75, 3.05) is 5.75 Å². The Balaban J connectivity index is 1.61. The molecule has 2 aromatic heterocycles. The van der Waals surface area contributed by atoms with Gasteiger partial charge in [0.25, 0.3) is 5.56 Å². The zero-order valence-electron chi connectivity index (χ0n) is 17.6. The second-order valence-electron chi connectivity index (χ2n) is 7.93. The average Bonchev–Trinajstić information content (AvgIpc) is 3.17. The van der Waals surface area contributed by atoms with Crippen molar-refractivity contribution in [3.05, 3.63) is 85.5 Å². The predicted octanol–water partition coefficient (Wildman–Crippen LogP) is 6.26. The van der Waals surface area contributed by atoms with E-state index in [-0.39, 0.29) is 17.1 Å². The molecule has 0 saturated carbocycles. The molecule has 5 rings (SSSR count). The molecule has 1 aliphatic carbocycles. The first-order valence-electron chi connectivity index (χ1n) is 10.6. The van der Waals surface area contributed by atoms with E-state index < -0.39 is 0 Å². The summed E-state index contributed by atoms with van der Waals surface area (Å²) in [5, 5.41) is 1.90. The number of para-hydroxylation sites is 1. The first-order valence-corrected chi connectivity index (χ1v) is 12.8. The summed E-state index contributed by atoms with van der Waals surface area (Å²) in [6.07, 6.45) is 4.21. The molecule has 2 heterocycles. The zero-order chi connectivity index (χ0) is 22.2. The molecule has 0 bridgehead atoms. The number of fused-ring (bicyclic) bond motifs is 3. The van der Waals surface area contributed by atoms with E-state index in [0.717, 1.165) is 47.2 Å². The van der Waals surface area contributed by atoms with E-state index in [1.54, 1.807) is 40.2 Å². The van der Waals surface area contributed by atoms with Crippen LogP contribution in [0.4, 0.5) is 0 Å². The lowest BCUT2D eigenvalue weighted by Crippen LogP contribution is -2.23. The molecule has 0 spiro atoms. The summed E-state index contributed by atoms with van der Waals surface area (Å²) in [5.74, 6) is 0.166. The number of carbonyl (C=O) groups is 1. The number of rotatable bonds is 5. The maximum absolute atomic E-state index is 13.8. The van der Waals surface area contributed by atoms with Crippen molar-refractivity contribution < 1.29 is 4.79 Å². The number of hydrogen-bond donors (Lipinski definition) is 0. The largest absolute Gasteiger partial charge is 0.293 e. The number of nitrogens with zero attached hydrogens (tertiary/aromatic N) is 2. The maximum Gasteiger partial charge on any atom is 0.267 e. The molecule has 0 fully saturated rings. The number of thioether (sulfide) groups is 1. The van der Waals surface area contributed by atoms with Crippen molar-refractivity contribution in [1.29, 1.82) is 0 Å². The average molecular weight is 481 g/mol. The van der Waals surface area contributed by atoms with Crippen LogP contribution in [0.5, 0.6) is 0 Å². The van der Waals surface area contributed by atoms with Gasteiger partial charge in [0.15, 0.2) is 10.9 Å². The number of aryl methyl sites for hydroxylation is 3. The highest BCUT2D eigenvalue weighted by molar-refractivity contribution is 7.99. The molecule has 162 valence electrons. The number of aromatic nitrogens is 2. The minimum atomic E-state index is -0.0369. The van der Waals surface area contributed by atoms with Gasteiger partial charge in [-0.2, -0.15) is 0 Å². The molecule has 0 unspecified atom stereocenters. The quantitative estimate of drug-likeness (QED) is 0.192. The fourth-order valence-corrected chi connectivity index (χ4v) is 6.49. The molecular formula is C25H21ClN2O2S2. The lowest BCUT2D eigenvalue weighted by molar-refractivity contribution is 0.102. The summed E-state index contributed by atoms with van der Waals surface area (Å²) >= 11 is 8.88. The number of halogens is 1. The van der Waals surface area contributed by atoms with Gasteiger partial charge in [-0.1, -0.05) is 41.6 Å². The molecule has 0 saturated heterocycles. The van der Waals surface area contributed by atoms with Gasteiger partial charge in [0, 0.05) is 15.5 Å². The molecule has 0 radical (unpaired) electrons. The Morgan fingerprint density at radius 1 is 1.12 bits per heavy atom. The number of thiophene rings is 1. The van der Waals surface area contributed by atoms with Crippen LogP contribution in [0.15, 0.2) is 58.5 Å². The Morgan fingerprint density at radius 3 is 2.66 bits per heavy atom. The van der Waals surface area contributed by atoms with Gasteiger partial charge in [-0.3, -0.25) is 14.2 Å². The molecular weight excluding hydrogens is 460 g/mol. The van der Waals surface area contributed by atoms with E-state index in [4.69, 9.17) is 16.6 Å². The van der Waals surface area contributed by atoms with Gasteiger partial charge < -0.3 is 0 Å². The van der Waals surface area contributed by atoms with Crippen LogP contribution in [0.3, 0.4) is 0 Å². The Hall–Kier alpha value is -2.41. The van der Waals surface area contributed by atoms with E-state index in [1.165, 1.54) is 22.2 Å². The third kappa shape index (κ3) is 3.91. The maximum atomic E-state index is 13.8. The van der Waals surface area contributed by atoms with Gasteiger partial charge in [-0.15, -0.1) is 11.3 Å². The minimum Gasteiger partial charge on any atom is -0.293 e. The van der Waals surface area contributed by atoms with Crippen LogP contribution in [0.1, 0.15) is 39.2 Å². The van der Waals surface area contributed by atoms with Crippen LogP contribution < -0.4 is 5.56 Å². The first kappa shape index (κ1) is 21.4. The van der Waals surface area contributed by atoms with Gasteiger partial charge in [-0.25, -0.2) is 4.98 Å². The number of benzene rings is 2. The zero-order valence-corrected chi connectivity index (χ0v) is 19.9. The minimum absolute atomic E-state index is 0.0252. The Morgan fingerprint density at radius 2 is 1.88 bits per heavy atom. The molecule has 4 aromatic rings. The molecule has 7 heteroatoms. The summed E-state index contributed by atoms with van der Waals surface area (Å²) in [7, 11) is 0. The van der Waals surface area contributed by atoms with Crippen LogP contribution in [0.2, 0.25) is 5.02 Å². The van der Waals surface area contributed by atoms with Gasteiger partial charge in [0.05, 0.1) is 16.8 Å². The highest BCUT2D eigenvalue weighted by Gasteiger charge is 2.23.